The maximum absolute atomic E-state index is 12.9. The Hall–Kier alpha value is -2.99. The minimum atomic E-state index is -0.944. The smallest absolute Gasteiger partial charge is 0.338 e. The van der Waals surface area contributed by atoms with Crippen LogP contribution < -0.4 is 27.8 Å². The first kappa shape index (κ1) is 30.5. The molecular formula is C30H43ClN8O3. The molecule has 6 N–H and O–H groups in total. The van der Waals surface area contributed by atoms with Gasteiger partial charge in [0, 0.05) is 50.5 Å². The van der Waals surface area contributed by atoms with E-state index in [1.165, 1.54) is 41.4 Å². The molecule has 12 heteroatoms. The predicted molar refractivity (Wildman–Crippen MR) is 164 cm³/mol. The van der Waals surface area contributed by atoms with E-state index in [-0.39, 0.29) is 30.2 Å². The standard InChI is InChI=1S/C30H42N8O3.ClH/c1-29(2,32)26(39)36-9-11-37(12-10-36)27(40)34-25-7-8-38(28(41)35-25)24-6-4-19-13-22(5-3-20(19)14-24)33-23-17-30(18-23)15-21(31)16-30;/h4,6-8,14,21-23,33H,3,5,9-13,15-18,31-32H2,1-2H3,(H,34,35,40,41);1H. The lowest BCUT2D eigenvalue weighted by atomic mass is 9.52. The molecule has 42 heavy (non-hydrogen) atoms. The van der Waals surface area contributed by atoms with Crippen molar-refractivity contribution in [1.82, 2.24) is 24.7 Å². The summed E-state index contributed by atoms with van der Waals surface area (Å²) in [7, 11) is 0. The summed E-state index contributed by atoms with van der Waals surface area (Å²) >= 11 is 0. The van der Waals surface area contributed by atoms with Crippen molar-refractivity contribution in [2.24, 2.45) is 16.9 Å². The maximum Gasteiger partial charge on any atom is 0.354 e. The molecule has 4 aliphatic rings. The molecule has 1 aliphatic heterocycles. The number of hydrogen-bond donors (Lipinski definition) is 4. The Balaban J connectivity index is 0.00000353. The molecule has 11 nitrogen and oxygen atoms in total. The minimum absolute atomic E-state index is 0. The van der Waals surface area contributed by atoms with E-state index in [2.05, 4.69) is 27.8 Å². The van der Waals surface area contributed by atoms with E-state index in [1.807, 2.05) is 6.07 Å². The number of rotatable bonds is 5. The van der Waals surface area contributed by atoms with Crippen LogP contribution in [-0.2, 0) is 17.6 Å². The van der Waals surface area contributed by atoms with Gasteiger partial charge in [0.25, 0.3) is 0 Å². The molecule has 1 unspecified atom stereocenters. The average Bonchev–Trinajstić information content (AvgIpc) is 2.90. The Morgan fingerprint density at radius 3 is 2.33 bits per heavy atom. The van der Waals surface area contributed by atoms with Gasteiger partial charge in [-0.2, -0.15) is 4.98 Å². The van der Waals surface area contributed by atoms with Gasteiger partial charge in [-0.1, -0.05) is 6.07 Å². The van der Waals surface area contributed by atoms with Gasteiger partial charge in [0.05, 0.1) is 11.2 Å². The van der Waals surface area contributed by atoms with E-state index in [9.17, 15) is 14.4 Å². The number of nitrogens with one attached hydrogen (secondary N) is 2. The summed E-state index contributed by atoms with van der Waals surface area (Å²) in [5.41, 5.74) is 14.5. The van der Waals surface area contributed by atoms with Crippen LogP contribution in [0.2, 0.25) is 0 Å². The number of fused-ring (bicyclic) bond motifs is 1. The first-order valence-electron chi connectivity index (χ1n) is 14.9. The molecule has 1 aromatic heterocycles. The molecule has 0 bridgehead atoms. The normalized spacial score (nSPS) is 26.9. The summed E-state index contributed by atoms with van der Waals surface area (Å²) < 4.78 is 1.51. The minimum Gasteiger partial charge on any atom is -0.338 e. The zero-order chi connectivity index (χ0) is 28.9. The number of anilines is 1. The zero-order valence-corrected chi connectivity index (χ0v) is 25.3. The van der Waals surface area contributed by atoms with Crippen molar-refractivity contribution >= 4 is 30.2 Å². The van der Waals surface area contributed by atoms with Crippen LogP contribution in [0.1, 0.15) is 57.1 Å². The van der Waals surface area contributed by atoms with Gasteiger partial charge in [-0.05, 0) is 93.5 Å². The van der Waals surface area contributed by atoms with Crippen molar-refractivity contribution in [2.45, 2.75) is 82.5 Å². The largest absolute Gasteiger partial charge is 0.354 e. The lowest BCUT2D eigenvalue weighted by Crippen LogP contribution is -2.60. The van der Waals surface area contributed by atoms with Crippen molar-refractivity contribution < 1.29 is 9.59 Å². The van der Waals surface area contributed by atoms with Crippen LogP contribution in [0.4, 0.5) is 10.6 Å². The summed E-state index contributed by atoms with van der Waals surface area (Å²) in [6, 6.07) is 9.00. The molecule has 0 radical (unpaired) electrons. The second kappa shape index (κ2) is 11.6. The number of halogens is 1. The first-order chi connectivity index (χ1) is 19.5. The highest BCUT2D eigenvalue weighted by atomic mass is 35.5. The molecule has 2 saturated carbocycles. The van der Waals surface area contributed by atoms with E-state index in [4.69, 9.17) is 11.5 Å². The number of amides is 3. The number of aromatic nitrogens is 2. The Kier molecular flexibility index (Phi) is 8.41. The van der Waals surface area contributed by atoms with E-state index < -0.39 is 11.2 Å². The lowest BCUT2D eigenvalue weighted by Gasteiger charge is -2.57. The summed E-state index contributed by atoms with van der Waals surface area (Å²) in [5, 5.41) is 6.60. The van der Waals surface area contributed by atoms with Crippen molar-refractivity contribution in [3.8, 4) is 5.69 Å². The topological polar surface area (TPSA) is 152 Å². The number of carbonyl (C=O) groups excluding carboxylic acids is 2. The molecule has 1 saturated heterocycles. The van der Waals surface area contributed by atoms with Gasteiger partial charge in [-0.15, -0.1) is 12.4 Å². The maximum atomic E-state index is 12.9. The third kappa shape index (κ3) is 6.20. The Labute approximate surface area is 252 Å². The summed E-state index contributed by atoms with van der Waals surface area (Å²) in [6.07, 6.45) is 9.63. The number of nitrogens with two attached hydrogens (primary N) is 2. The molecule has 228 valence electrons. The number of hydrogen-bond acceptors (Lipinski definition) is 7. The third-order valence-electron chi connectivity index (χ3n) is 9.36. The fourth-order valence-corrected chi connectivity index (χ4v) is 7.23. The Morgan fingerprint density at radius 2 is 1.69 bits per heavy atom. The fraction of sp³-hybridized carbons (Fsp3) is 0.600. The van der Waals surface area contributed by atoms with Crippen LogP contribution in [0.5, 0.6) is 0 Å². The number of nitrogens with zero attached hydrogens (tertiary/aromatic N) is 4. The molecule has 3 amide bonds. The monoisotopic (exact) mass is 598 g/mol. The number of benzene rings is 1. The van der Waals surface area contributed by atoms with Crippen LogP contribution in [0, 0.1) is 5.41 Å². The van der Waals surface area contributed by atoms with E-state index in [0.717, 1.165) is 24.9 Å². The van der Waals surface area contributed by atoms with E-state index >= 15 is 0 Å². The molecule has 1 aromatic carbocycles. The molecule has 3 fully saturated rings. The SMILES string of the molecule is CC(C)(N)C(=O)N1CCN(C(=O)Nc2ccn(-c3ccc4c(c3)CCC(NC3CC5(CC(N)C5)C3)C4)c(=O)n2)CC1.Cl. The summed E-state index contributed by atoms with van der Waals surface area (Å²) in [6.45, 7) is 4.94. The molecule has 2 aromatic rings. The fourth-order valence-electron chi connectivity index (χ4n) is 7.23. The van der Waals surface area contributed by atoms with Crippen molar-refractivity contribution in [2.75, 3.05) is 31.5 Å². The van der Waals surface area contributed by atoms with Crippen LogP contribution in [0.25, 0.3) is 5.69 Å². The van der Waals surface area contributed by atoms with Gasteiger partial charge in [0.2, 0.25) is 5.91 Å². The number of aryl methyl sites for hydroxylation is 1. The van der Waals surface area contributed by atoms with Crippen molar-refractivity contribution in [1.29, 1.82) is 0 Å². The van der Waals surface area contributed by atoms with Gasteiger partial charge in [0.15, 0.2) is 0 Å². The quantitative estimate of drug-likeness (QED) is 0.409. The highest BCUT2D eigenvalue weighted by molar-refractivity contribution is 5.89. The van der Waals surface area contributed by atoms with Crippen LogP contribution in [0.3, 0.4) is 0 Å². The molecular weight excluding hydrogens is 556 g/mol. The van der Waals surface area contributed by atoms with Crippen LogP contribution in [-0.4, -0.2) is 81.1 Å². The van der Waals surface area contributed by atoms with Gasteiger partial charge >= 0.3 is 11.7 Å². The second-order valence-corrected chi connectivity index (χ2v) is 13.2. The second-order valence-electron chi connectivity index (χ2n) is 13.2. The molecule has 3 aliphatic carbocycles. The summed E-state index contributed by atoms with van der Waals surface area (Å²) in [4.78, 5) is 45.5. The van der Waals surface area contributed by atoms with Gasteiger partial charge < -0.3 is 26.6 Å². The van der Waals surface area contributed by atoms with Gasteiger partial charge in [-0.3, -0.25) is 14.7 Å². The number of urea groups is 1. The highest BCUT2D eigenvalue weighted by Gasteiger charge is 2.51. The van der Waals surface area contributed by atoms with Gasteiger partial charge in [-0.25, -0.2) is 9.59 Å². The Bertz CT molecular complexity index is 1380. The van der Waals surface area contributed by atoms with Crippen molar-refractivity contribution in [3.05, 3.63) is 52.1 Å². The molecule has 6 rings (SSSR count). The van der Waals surface area contributed by atoms with E-state index in [0.29, 0.717) is 49.7 Å². The van der Waals surface area contributed by atoms with Crippen molar-refractivity contribution in [3.63, 3.8) is 0 Å². The zero-order valence-electron chi connectivity index (χ0n) is 24.5. The summed E-state index contributed by atoms with van der Waals surface area (Å²) in [5.74, 6) is 0.0641. The molecule has 1 atom stereocenters. The number of carbonyl (C=O) groups is 2. The van der Waals surface area contributed by atoms with Crippen LogP contribution >= 0.6 is 12.4 Å². The van der Waals surface area contributed by atoms with E-state index in [1.54, 1.807) is 35.9 Å². The Morgan fingerprint density at radius 1 is 1.00 bits per heavy atom. The average molecular weight is 599 g/mol. The number of piperazine rings is 1. The molecule has 2 heterocycles. The third-order valence-corrected chi connectivity index (χ3v) is 9.36. The molecule has 1 spiro atoms. The lowest BCUT2D eigenvalue weighted by molar-refractivity contribution is -0.137. The predicted octanol–water partition coefficient (Wildman–Crippen LogP) is 1.78. The van der Waals surface area contributed by atoms with Gasteiger partial charge in [0.1, 0.15) is 5.82 Å². The van der Waals surface area contributed by atoms with Crippen LogP contribution in [0.15, 0.2) is 35.3 Å². The highest BCUT2D eigenvalue weighted by Crippen LogP contribution is 2.55. The first-order valence-corrected chi connectivity index (χ1v) is 14.9.